The molecule has 0 N–H and O–H groups in total. The van der Waals surface area contributed by atoms with Crippen molar-refractivity contribution in [2.24, 2.45) is 0 Å². The summed E-state index contributed by atoms with van der Waals surface area (Å²) in [6.07, 6.45) is 2.93. The van der Waals surface area contributed by atoms with Crippen LogP contribution in [-0.2, 0) is 19.4 Å². The third-order valence-corrected chi connectivity index (χ3v) is 5.82. The van der Waals surface area contributed by atoms with Crippen molar-refractivity contribution in [1.82, 2.24) is 19.4 Å². The minimum Gasteiger partial charge on any atom is -0.335 e. The molecule has 0 aliphatic carbocycles. The fourth-order valence-electron chi connectivity index (χ4n) is 3.60. The van der Waals surface area contributed by atoms with E-state index < -0.39 is 0 Å². The molecule has 1 amide bonds. The highest BCUT2D eigenvalue weighted by atomic mass is 32.1. The Kier molecular flexibility index (Phi) is 4.33. The van der Waals surface area contributed by atoms with Crippen LogP contribution in [0, 0.1) is 0 Å². The van der Waals surface area contributed by atoms with E-state index in [0.29, 0.717) is 6.04 Å². The highest BCUT2D eigenvalue weighted by molar-refractivity contribution is 7.08. The van der Waals surface area contributed by atoms with Gasteiger partial charge in [-0.05, 0) is 35.5 Å². The summed E-state index contributed by atoms with van der Waals surface area (Å²) in [7, 11) is 0. The predicted molar refractivity (Wildman–Crippen MR) is 94.2 cm³/mol. The molecule has 1 fully saturated rings. The van der Waals surface area contributed by atoms with Crippen molar-refractivity contribution >= 4 is 17.4 Å². The predicted octanol–water partition coefficient (Wildman–Crippen LogP) is 2.37. The van der Waals surface area contributed by atoms with E-state index in [1.165, 1.54) is 22.7 Å². The SMILES string of the molecule is CCCc1nnsc1C(=O)N1CC(N2CCc3ccccc3C2)C1. The van der Waals surface area contributed by atoms with Gasteiger partial charge in [-0.3, -0.25) is 9.69 Å². The molecule has 1 saturated heterocycles. The molecular formula is C18H22N4OS. The minimum atomic E-state index is 0.113. The average Bonchev–Trinajstić information content (AvgIpc) is 3.02. The van der Waals surface area contributed by atoms with E-state index in [9.17, 15) is 4.79 Å². The maximum atomic E-state index is 12.6. The van der Waals surface area contributed by atoms with Gasteiger partial charge in [0, 0.05) is 32.2 Å². The van der Waals surface area contributed by atoms with Crippen molar-refractivity contribution in [2.45, 2.75) is 38.8 Å². The number of amides is 1. The van der Waals surface area contributed by atoms with Crippen molar-refractivity contribution in [3.05, 3.63) is 46.0 Å². The number of aryl methyl sites for hydroxylation is 1. The quantitative estimate of drug-likeness (QED) is 0.856. The normalized spacial score (nSPS) is 18.3. The van der Waals surface area contributed by atoms with Crippen LogP contribution in [0.3, 0.4) is 0 Å². The zero-order chi connectivity index (χ0) is 16.5. The third-order valence-electron chi connectivity index (χ3n) is 5.06. The highest BCUT2D eigenvalue weighted by Gasteiger charge is 2.37. The molecule has 0 spiro atoms. The van der Waals surface area contributed by atoms with E-state index in [0.717, 1.165) is 56.0 Å². The summed E-state index contributed by atoms with van der Waals surface area (Å²) in [6.45, 7) is 5.84. The molecule has 0 bridgehead atoms. The standard InChI is InChI=1S/C18H22N4OS/c1-2-5-16-17(24-20-19-16)18(23)22-11-15(12-22)21-9-8-13-6-3-4-7-14(13)10-21/h3-4,6-7,15H,2,5,8-12H2,1H3. The monoisotopic (exact) mass is 342 g/mol. The Hall–Kier alpha value is -1.79. The van der Waals surface area contributed by atoms with Gasteiger partial charge in [-0.15, -0.1) is 5.10 Å². The fraction of sp³-hybridized carbons (Fsp3) is 0.500. The Morgan fingerprint density at radius 3 is 2.88 bits per heavy atom. The van der Waals surface area contributed by atoms with E-state index in [4.69, 9.17) is 0 Å². The van der Waals surface area contributed by atoms with Gasteiger partial charge in [-0.1, -0.05) is 42.1 Å². The minimum absolute atomic E-state index is 0.113. The van der Waals surface area contributed by atoms with Crippen molar-refractivity contribution in [1.29, 1.82) is 0 Å². The molecule has 2 aromatic rings. The molecule has 126 valence electrons. The molecule has 4 rings (SSSR count). The Labute approximate surface area is 146 Å². The Morgan fingerprint density at radius 1 is 1.29 bits per heavy atom. The Bertz CT molecular complexity index is 738. The lowest BCUT2D eigenvalue weighted by atomic mass is 9.96. The number of likely N-dealkylation sites (tertiary alicyclic amines) is 1. The molecule has 3 heterocycles. The van der Waals surface area contributed by atoms with Crippen molar-refractivity contribution in [2.75, 3.05) is 19.6 Å². The summed E-state index contributed by atoms with van der Waals surface area (Å²) in [5.41, 5.74) is 3.77. The van der Waals surface area contributed by atoms with Gasteiger partial charge in [-0.2, -0.15) is 0 Å². The summed E-state index contributed by atoms with van der Waals surface area (Å²) in [6, 6.07) is 9.18. The largest absolute Gasteiger partial charge is 0.335 e. The van der Waals surface area contributed by atoms with Crippen LogP contribution < -0.4 is 0 Å². The maximum Gasteiger partial charge on any atom is 0.267 e. The van der Waals surface area contributed by atoms with Crippen LogP contribution in [0.15, 0.2) is 24.3 Å². The first-order valence-electron chi connectivity index (χ1n) is 8.67. The first-order valence-corrected chi connectivity index (χ1v) is 9.45. The number of hydrogen-bond acceptors (Lipinski definition) is 5. The maximum absolute atomic E-state index is 12.6. The molecule has 5 nitrogen and oxygen atoms in total. The molecule has 0 unspecified atom stereocenters. The number of carbonyl (C=O) groups excluding carboxylic acids is 1. The van der Waals surface area contributed by atoms with E-state index in [1.807, 2.05) is 4.90 Å². The second-order valence-electron chi connectivity index (χ2n) is 6.65. The lowest BCUT2D eigenvalue weighted by Gasteiger charge is -2.46. The molecule has 0 saturated carbocycles. The summed E-state index contributed by atoms with van der Waals surface area (Å²) < 4.78 is 3.97. The number of rotatable bonds is 4. The number of carbonyl (C=O) groups is 1. The Morgan fingerprint density at radius 2 is 2.08 bits per heavy atom. The topological polar surface area (TPSA) is 49.3 Å². The number of nitrogens with zero attached hydrogens (tertiary/aromatic N) is 4. The van der Waals surface area contributed by atoms with E-state index in [-0.39, 0.29) is 5.91 Å². The smallest absolute Gasteiger partial charge is 0.267 e. The fourth-order valence-corrected chi connectivity index (χ4v) is 4.27. The van der Waals surface area contributed by atoms with Crippen LogP contribution in [0.1, 0.15) is 39.8 Å². The van der Waals surface area contributed by atoms with Gasteiger partial charge in [0.15, 0.2) is 0 Å². The molecule has 24 heavy (non-hydrogen) atoms. The lowest BCUT2D eigenvalue weighted by molar-refractivity contribution is 0.0221. The van der Waals surface area contributed by atoms with Gasteiger partial charge in [0.25, 0.3) is 5.91 Å². The van der Waals surface area contributed by atoms with Crippen LogP contribution in [0.25, 0.3) is 0 Å². The molecule has 1 aromatic heterocycles. The van der Waals surface area contributed by atoms with Crippen LogP contribution in [0.4, 0.5) is 0 Å². The molecule has 1 aromatic carbocycles. The highest BCUT2D eigenvalue weighted by Crippen LogP contribution is 2.26. The third kappa shape index (κ3) is 2.84. The molecular weight excluding hydrogens is 320 g/mol. The number of hydrogen-bond donors (Lipinski definition) is 0. The van der Waals surface area contributed by atoms with Gasteiger partial charge in [-0.25, -0.2) is 0 Å². The van der Waals surface area contributed by atoms with E-state index in [1.54, 1.807) is 0 Å². The first-order chi connectivity index (χ1) is 11.8. The Balaban J connectivity index is 1.37. The van der Waals surface area contributed by atoms with Gasteiger partial charge < -0.3 is 4.90 Å². The number of aromatic nitrogens is 2. The summed E-state index contributed by atoms with van der Waals surface area (Å²) in [5.74, 6) is 0.113. The van der Waals surface area contributed by atoms with Crippen molar-refractivity contribution in [3.63, 3.8) is 0 Å². The van der Waals surface area contributed by atoms with Gasteiger partial charge in [0.05, 0.1) is 5.69 Å². The summed E-state index contributed by atoms with van der Waals surface area (Å²) in [5, 5.41) is 4.11. The van der Waals surface area contributed by atoms with Gasteiger partial charge in [0.2, 0.25) is 0 Å². The number of benzene rings is 1. The lowest BCUT2D eigenvalue weighted by Crippen LogP contribution is -2.61. The second-order valence-corrected chi connectivity index (χ2v) is 7.41. The molecule has 0 atom stereocenters. The second kappa shape index (κ2) is 6.61. The van der Waals surface area contributed by atoms with Crippen molar-refractivity contribution in [3.8, 4) is 0 Å². The molecule has 2 aliphatic heterocycles. The summed E-state index contributed by atoms with van der Waals surface area (Å²) in [4.78, 5) is 17.8. The van der Waals surface area contributed by atoms with Crippen LogP contribution in [0.5, 0.6) is 0 Å². The average molecular weight is 342 g/mol. The van der Waals surface area contributed by atoms with Crippen molar-refractivity contribution < 1.29 is 4.79 Å². The first kappa shape index (κ1) is 15.7. The van der Waals surface area contributed by atoms with Crippen LogP contribution in [0.2, 0.25) is 0 Å². The molecule has 2 aliphatic rings. The van der Waals surface area contributed by atoms with E-state index in [2.05, 4.69) is 45.7 Å². The summed E-state index contributed by atoms with van der Waals surface area (Å²) >= 11 is 1.24. The molecule has 6 heteroatoms. The van der Waals surface area contributed by atoms with Crippen LogP contribution >= 0.6 is 11.5 Å². The number of fused-ring (bicyclic) bond motifs is 1. The zero-order valence-electron chi connectivity index (χ0n) is 13.9. The van der Waals surface area contributed by atoms with Crippen LogP contribution in [-0.4, -0.2) is 51.0 Å². The van der Waals surface area contributed by atoms with E-state index >= 15 is 0 Å². The van der Waals surface area contributed by atoms with Gasteiger partial charge in [0.1, 0.15) is 4.88 Å². The zero-order valence-corrected chi connectivity index (χ0v) is 14.8. The molecule has 0 radical (unpaired) electrons. The van der Waals surface area contributed by atoms with Gasteiger partial charge >= 0.3 is 0 Å².